The summed E-state index contributed by atoms with van der Waals surface area (Å²) in [5.41, 5.74) is 0. The lowest BCUT2D eigenvalue weighted by Gasteiger charge is -2.18. The van der Waals surface area contributed by atoms with Crippen LogP contribution < -0.4 is 0 Å². The molecule has 0 aromatic carbocycles. The number of unbranched alkanes of at least 4 members (excludes halogenated alkanes) is 46. The van der Waals surface area contributed by atoms with Crippen LogP contribution in [0.1, 0.15) is 361 Å². The topological polar surface area (TPSA) is 78.9 Å². The molecule has 414 valence electrons. The van der Waals surface area contributed by atoms with Gasteiger partial charge in [0.1, 0.15) is 13.2 Å². The zero-order valence-electron chi connectivity index (χ0n) is 47.6. The molecule has 0 fully saturated rings. The van der Waals surface area contributed by atoms with Gasteiger partial charge in [-0.1, -0.05) is 309 Å². The zero-order chi connectivity index (χ0) is 50.7. The number of esters is 3. The molecule has 0 saturated heterocycles. The molecular formula is C64H122O6. The molecule has 1 unspecified atom stereocenters. The molecule has 70 heavy (non-hydrogen) atoms. The van der Waals surface area contributed by atoms with E-state index in [-0.39, 0.29) is 31.1 Å². The van der Waals surface area contributed by atoms with Crippen LogP contribution in [0.25, 0.3) is 0 Å². The van der Waals surface area contributed by atoms with Crippen molar-refractivity contribution in [1.82, 2.24) is 0 Å². The maximum absolute atomic E-state index is 12.9. The number of hydrogen-bond acceptors (Lipinski definition) is 6. The number of hydrogen-bond donors (Lipinski definition) is 0. The van der Waals surface area contributed by atoms with Crippen LogP contribution in [0.15, 0.2) is 12.2 Å². The maximum Gasteiger partial charge on any atom is 0.306 e. The number of carbonyl (C=O) groups excluding carboxylic acids is 3. The van der Waals surface area contributed by atoms with Crippen LogP contribution in [0.3, 0.4) is 0 Å². The van der Waals surface area contributed by atoms with E-state index in [0.717, 1.165) is 57.8 Å². The normalized spacial score (nSPS) is 12.0. The molecule has 6 nitrogen and oxygen atoms in total. The second-order valence-electron chi connectivity index (χ2n) is 21.7. The Labute approximate surface area is 437 Å². The molecule has 0 bridgehead atoms. The lowest BCUT2D eigenvalue weighted by molar-refractivity contribution is -0.167. The van der Waals surface area contributed by atoms with E-state index < -0.39 is 6.10 Å². The maximum atomic E-state index is 12.9. The van der Waals surface area contributed by atoms with Crippen molar-refractivity contribution < 1.29 is 28.6 Å². The molecule has 0 N–H and O–H groups in total. The van der Waals surface area contributed by atoms with Crippen molar-refractivity contribution in [3.05, 3.63) is 12.2 Å². The SMILES string of the molecule is CCCCCCCCC/C=C\CCCCCCCCCC(=O)OCC(COC(=O)CCCCCCCCCCCCCCCCCC)OC(=O)CCCCCCCCCCCCCCCCCCCC. The molecule has 0 rings (SSSR count). The van der Waals surface area contributed by atoms with E-state index in [0.29, 0.717) is 19.3 Å². The third-order valence-corrected chi connectivity index (χ3v) is 14.5. The molecule has 0 spiro atoms. The van der Waals surface area contributed by atoms with Gasteiger partial charge in [-0.15, -0.1) is 0 Å². The van der Waals surface area contributed by atoms with Gasteiger partial charge in [0.25, 0.3) is 0 Å². The summed E-state index contributed by atoms with van der Waals surface area (Å²) in [6, 6.07) is 0. The fourth-order valence-electron chi connectivity index (χ4n) is 9.74. The quantitative estimate of drug-likeness (QED) is 0.0261. The number of ether oxygens (including phenoxy) is 3. The van der Waals surface area contributed by atoms with Gasteiger partial charge in [-0.2, -0.15) is 0 Å². The van der Waals surface area contributed by atoms with Crippen LogP contribution in [-0.2, 0) is 28.6 Å². The summed E-state index contributed by atoms with van der Waals surface area (Å²) < 4.78 is 16.9. The Kier molecular flexibility index (Phi) is 58.1. The summed E-state index contributed by atoms with van der Waals surface area (Å²) in [5, 5.41) is 0. The predicted octanol–water partition coefficient (Wildman–Crippen LogP) is 21.3. The van der Waals surface area contributed by atoms with Crippen LogP contribution in [0.2, 0.25) is 0 Å². The summed E-state index contributed by atoms with van der Waals surface area (Å²) in [4.78, 5) is 38.3. The first kappa shape index (κ1) is 68.2. The minimum atomic E-state index is -0.767. The van der Waals surface area contributed by atoms with Gasteiger partial charge in [0, 0.05) is 19.3 Å². The first-order valence-corrected chi connectivity index (χ1v) is 31.7. The average Bonchev–Trinajstić information content (AvgIpc) is 3.36. The van der Waals surface area contributed by atoms with Crippen molar-refractivity contribution in [3.8, 4) is 0 Å². The highest BCUT2D eigenvalue weighted by atomic mass is 16.6. The highest BCUT2D eigenvalue weighted by Gasteiger charge is 2.19. The minimum absolute atomic E-state index is 0.0647. The van der Waals surface area contributed by atoms with Crippen LogP contribution in [-0.4, -0.2) is 37.2 Å². The fraction of sp³-hybridized carbons (Fsp3) is 0.922. The van der Waals surface area contributed by atoms with E-state index in [2.05, 4.69) is 32.9 Å². The fourth-order valence-corrected chi connectivity index (χ4v) is 9.74. The smallest absolute Gasteiger partial charge is 0.306 e. The number of rotatable bonds is 59. The second kappa shape index (κ2) is 59.7. The Hall–Kier alpha value is -1.85. The van der Waals surface area contributed by atoms with E-state index in [1.54, 1.807) is 0 Å². The van der Waals surface area contributed by atoms with Gasteiger partial charge in [-0.3, -0.25) is 14.4 Å². The van der Waals surface area contributed by atoms with Crippen molar-refractivity contribution in [1.29, 1.82) is 0 Å². The van der Waals surface area contributed by atoms with Crippen LogP contribution >= 0.6 is 0 Å². The van der Waals surface area contributed by atoms with Crippen LogP contribution in [0, 0.1) is 0 Å². The Balaban J connectivity index is 4.31. The number of carbonyl (C=O) groups is 3. The van der Waals surface area contributed by atoms with Crippen molar-refractivity contribution in [2.45, 2.75) is 367 Å². The molecule has 0 radical (unpaired) electrons. The minimum Gasteiger partial charge on any atom is -0.462 e. The Morgan fingerprint density at radius 3 is 0.714 bits per heavy atom. The summed E-state index contributed by atoms with van der Waals surface area (Å²) in [6.07, 6.45) is 69.2. The monoisotopic (exact) mass is 987 g/mol. The number of allylic oxidation sites excluding steroid dienone is 2. The standard InChI is InChI=1S/C64H122O6/c1-4-7-10-13-16-19-22-25-28-31-33-36-39-42-45-48-51-54-57-63(66)69-60-61(59-68-62(65)56-53-50-47-44-41-38-35-30-27-24-21-18-15-12-9-6-3)70-64(67)58-55-52-49-46-43-40-37-34-32-29-26-23-20-17-14-11-8-5-2/h28,31,61H,4-27,29-30,32-60H2,1-3H3/b31-28-. The van der Waals surface area contributed by atoms with E-state index in [9.17, 15) is 14.4 Å². The van der Waals surface area contributed by atoms with Gasteiger partial charge in [0.05, 0.1) is 0 Å². The van der Waals surface area contributed by atoms with Gasteiger partial charge in [-0.05, 0) is 44.9 Å². The van der Waals surface area contributed by atoms with E-state index in [1.807, 2.05) is 0 Å². The summed E-state index contributed by atoms with van der Waals surface area (Å²) in [6.45, 7) is 6.71. The van der Waals surface area contributed by atoms with E-state index in [4.69, 9.17) is 14.2 Å². The van der Waals surface area contributed by atoms with Gasteiger partial charge in [0.15, 0.2) is 6.10 Å². The molecule has 0 saturated carbocycles. The van der Waals surface area contributed by atoms with Crippen molar-refractivity contribution in [3.63, 3.8) is 0 Å². The largest absolute Gasteiger partial charge is 0.462 e. The molecule has 0 aliphatic rings. The van der Waals surface area contributed by atoms with Gasteiger partial charge in [0.2, 0.25) is 0 Å². The summed E-state index contributed by atoms with van der Waals surface area (Å²) in [7, 11) is 0. The predicted molar refractivity (Wildman–Crippen MR) is 303 cm³/mol. The molecule has 0 aliphatic carbocycles. The van der Waals surface area contributed by atoms with Crippen LogP contribution in [0.4, 0.5) is 0 Å². The summed E-state index contributed by atoms with van der Waals surface area (Å²) in [5.74, 6) is -0.838. The highest BCUT2D eigenvalue weighted by molar-refractivity contribution is 5.71. The van der Waals surface area contributed by atoms with Gasteiger partial charge >= 0.3 is 17.9 Å². The Morgan fingerprint density at radius 1 is 0.271 bits per heavy atom. The molecule has 0 heterocycles. The molecule has 0 amide bonds. The van der Waals surface area contributed by atoms with Crippen molar-refractivity contribution in [2.24, 2.45) is 0 Å². The molecule has 0 aliphatic heterocycles. The third kappa shape index (κ3) is 57.1. The average molecular weight is 988 g/mol. The van der Waals surface area contributed by atoms with Gasteiger partial charge in [-0.25, -0.2) is 0 Å². The molecule has 0 aromatic rings. The Morgan fingerprint density at radius 2 is 0.471 bits per heavy atom. The third-order valence-electron chi connectivity index (χ3n) is 14.5. The lowest BCUT2D eigenvalue weighted by Crippen LogP contribution is -2.30. The first-order chi connectivity index (χ1) is 34.5. The highest BCUT2D eigenvalue weighted by Crippen LogP contribution is 2.18. The zero-order valence-corrected chi connectivity index (χ0v) is 47.6. The molecule has 6 heteroatoms. The first-order valence-electron chi connectivity index (χ1n) is 31.7. The molecule has 1 atom stereocenters. The Bertz CT molecular complexity index is 1090. The lowest BCUT2D eigenvalue weighted by atomic mass is 10.0. The van der Waals surface area contributed by atoms with Crippen LogP contribution in [0.5, 0.6) is 0 Å². The second-order valence-corrected chi connectivity index (χ2v) is 21.7. The molecular weight excluding hydrogens is 865 g/mol. The van der Waals surface area contributed by atoms with Crippen molar-refractivity contribution in [2.75, 3.05) is 13.2 Å². The van der Waals surface area contributed by atoms with E-state index >= 15 is 0 Å². The van der Waals surface area contributed by atoms with Gasteiger partial charge < -0.3 is 14.2 Å². The van der Waals surface area contributed by atoms with E-state index in [1.165, 1.54) is 263 Å². The molecule has 0 aromatic heterocycles. The summed E-state index contributed by atoms with van der Waals surface area (Å²) >= 11 is 0. The van der Waals surface area contributed by atoms with Crippen molar-refractivity contribution >= 4 is 17.9 Å².